The van der Waals surface area contributed by atoms with Crippen molar-refractivity contribution in [2.24, 2.45) is 12.8 Å². The molecule has 0 aliphatic rings. The molecule has 0 radical (unpaired) electrons. The van der Waals surface area contributed by atoms with Gasteiger partial charge in [0.1, 0.15) is 11.6 Å². The van der Waals surface area contributed by atoms with Gasteiger partial charge in [-0.15, -0.1) is 0 Å². The molecule has 0 aliphatic carbocycles. The van der Waals surface area contributed by atoms with Crippen LogP contribution in [0.2, 0.25) is 5.02 Å². The Hall–Kier alpha value is -2.87. The van der Waals surface area contributed by atoms with Crippen molar-refractivity contribution in [3.8, 4) is 17.0 Å². The number of carbonyl (C=O) groups is 1. The zero-order valence-electron chi connectivity index (χ0n) is 20.8. The van der Waals surface area contributed by atoms with Crippen LogP contribution in [0.3, 0.4) is 0 Å². The number of ether oxygens (including phenoxy) is 1. The van der Waals surface area contributed by atoms with E-state index in [9.17, 15) is 9.90 Å². The fourth-order valence-electron chi connectivity index (χ4n) is 3.88. The maximum Gasteiger partial charge on any atom is 0.251 e. The molecule has 0 unspecified atom stereocenters. The van der Waals surface area contributed by atoms with Crippen LogP contribution >= 0.6 is 11.6 Å². The first-order valence-corrected chi connectivity index (χ1v) is 12.4. The van der Waals surface area contributed by atoms with Gasteiger partial charge >= 0.3 is 0 Å². The second-order valence-corrected chi connectivity index (χ2v) is 9.41. The number of rotatable bonds is 11. The number of hydrogen-bond acceptors (Lipinski definition) is 5. The molecule has 0 bridgehead atoms. The number of nitrogens with one attached hydrogen (secondary N) is 1. The zero-order valence-corrected chi connectivity index (χ0v) is 21.5. The van der Waals surface area contributed by atoms with E-state index in [0.717, 1.165) is 29.1 Å². The summed E-state index contributed by atoms with van der Waals surface area (Å²) in [5.74, 6) is 1.16. The minimum Gasteiger partial charge on any atom is -0.489 e. The van der Waals surface area contributed by atoms with Crippen molar-refractivity contribution in [2.45, 2.75) is 58.2 Å². The molecule has 35 heavy (non-hydrogen) atoms. The summed E-state index contributed by atoms with van der Waals surface area (Å²) >= 11 is 6.29. The molecule has 0 fully saturated rings. The number of nitrogens with zero attached hydrogens (tertiary/aromatic N) is 2. The Morgan fingerprint density at radius 1 is 1.23 bits per heavy atom. The van der Waals surface area contributed by atoms with Gasteiger partial charge in [-0.2, -0.15) is 0 Å². The molecular weight excluding hydrogens is 464 g/mol. The third-order valence-electron chi connectivity index (χ3n) is 5.79. The van der Waals surface area contributed by atoms with Gasteiger partial charge in [-0.05, 0) is 56.9 Å². The molecule has 1 amide bonds. The number of aryl methyl sites for hydroxylation is 1. The van der Waals surface area contributed by atoms with E-state index in [1.54, 1.807) is 18.2 Å². The van der Waals surface area contributed by atoms with E-state index in [1.807, 2.05) is 62.8 Å². The number of imidazole rings is 1. The smallest absolute Gasteiger partial charge is 0.251 e. The molecule has 0 saturated heterocycles. The maximum absolute atomic E-state index is 12.8. The molecule has 4 N–H and O–H groups in total. The Labute approximate surface area is 212 Å². The molecule has 0 aliphatic heterocycles. The molecule has 8 heteroatoms. The lowest BCUT2D eigenvalue weighted by atomic mass is 10.0. The molecule has 3 aromatic rings. The van der Waals surface area contributed by atoms with E-state index in [-0.39, 0.29) is 30.7 Å². The zero-order chi connectivity index (χ0) is 25.5. The summed E-state index contributed by atoms with van der Waals surface area (Å²) in [7, 11) is 1.95. The number of aliphatic hydroxyl groups is 1. The number of benzene rings is 2. The van der Waals surface area contributed by atoms with Crippen molar-refractivity contribution in [3.05, 3.63) is 70.6 Å². The van der Waals surface area contributed by atoms with E-state index >= 15 is 0 Å². The Balaban J connectivity index is 1.68. The highest BCUT2D eigenvalue weighted by Crippen LogP contribution is 2.27. The summed E-state index contributed by atoms with van der Waals surface area (Å²) < 4.78 is 7.61. The first-order chi connectivity index (χ1) is 16.7. The third-order valence-corrected chi connectivity index (χ3v) is 6.08. The van der Waals surface area contributed by atoms with Crippen LogP contribution in [0.5, 0.6) is 5.75 Å². The minimum atomic E-state index is -0.244. The van der Waals surface area contributed by atoms with Gasteiger partial charge in [-0.25, -0.2) is 4.98 Å². The van der Waals surface area contributed by atoms with Crippen LogP contribution in [-0.4, -0.2) is 39.3 Å². The third kappa shape index (κ3) is 7.07. The van der Waals surface area contributed by atoms with Gasteiger partial charge < -0.3 is 25.5 Å². The van der Waals surface area contributed by atoms with Crippen LogP contribution in [0.1, 0.15) is 61.4 Å². The van der Waals surface area contributed by atoms with Gasteiger partial charge in [-0.1, -0.05) is 42.8 Å². The molecule has 2 aromatic carbocycles. The lowest BCUT2D eigenvalue weighted by molar-refractivity contribution is 0.0930. The highest BCUT2D eigenvalue weighted by molar-refractivity contribution is 6.32. The number of aliphatic hydroxyl groups excluding tert-OH is 1. The molecule has 188 valence electrons. The Morgan fingerprint density at radius 3 is 2.54 bits per heavy atom. The standard InChI is InChI=1S/C27H35ClN4O3/c1-5-23(29)26-31-24(16-32(26)4)19-8-6-18(7-9-19)14-21(12-13-33)30-27(34)20-10-11-25(22(28)15-20)35-17(2)3/h6-11,15-17,21,23,33H,5,12-14,29H2,1-4H3,(H,30,34)/t21-,23-/m1/s1. The highest BCUT2D eigenvalue weighted by atomic mass is 35.5. The number of amides is 1. The largest absolute Gasteiger partial charge is 0.489 e. The SMILES string of the molecule is CC[C@@H](N)c1nc(-c2ccc(C[C@@H](CCO)NC(=O)c3ccc(OC(C)C)c(Cl)c3)cc2)cn1C. The fourth-order valence-corrected chi connectivity index (χ4v) is 4.11. The van der Waals surface area contributed by atoms with Crippen LogP contribution in [0.4, 0.5) is 0 Å². The number of hydrogen-bond donors (Lipinski definition) is 3. The predicted molar refractivity (Wildman–Crippen MR) is 140 cm³/mol. The van der Waals surface area contributed by atoms with E-state index in [4.69, 9.17) is 27.1 Å². The van der Waals surface area contributed by atoms with Crippen molar-refractivity contribution in [3.63, 3.8) is 0 Å². The van der Waals surface area contributed by atoms with Crippen LogP contribution in [0, 0.1) is 0 Å². The molecular formula is C27H35ClN4O3. The molecule has 0 spiro atoms. The van der Waals surface area contributed by atoms with Crippen LogP contribution < -0.4 is 15.8 Å². The topological polar surface area (TPSA) is 102 Å². The predicted octanol–water partition coefficient (Wildman–Crippen LogP) is 4.66. The Bertz CT molecular complexity index is 1130. The first kappa shape index (κ1) is 26.7. The molecule has 1 aromatic heterocycles. The van der Waals surface area contributed by atoms with Gasteiger partial charge in [0.15, 0.2) is 0 Å². The highest BCUT2D eigenvalue weighted by Gasteiger charge is 2.17. The quantitative estimate of drug-likeness (QED) is 0.357. The van der Waals surface area contributed by atoms with Crippen molar-refractivity contribution in [1.29, 1.82) is 0 Å². The van der Waals surface area contributed by atoms with E-state index in [0.29, 0.717) is 29.2 Å². The van der Waals surface area contributed by atoms with Gasteiger partial charge in [0, 0.05) is 37.0 Å². The van der Waals surface area contributed by atoms with Crippen molar-refractivity contribution in [2.75, 3.05) is 6.61 Å². The van der Waals surface area contributed by atoms with Crippen molar-refractivity contribution in [1.82, 2.24) is 14.9 Å². The summed E-state index contributed by atoms with van der Waals surface area (Å²) in [6.07, 6.45) is 3.82. The fraction of sp³-hybridized carbons (Fsp3) is 0.407. The molecule has 2 atom stereocenters. The number of carbonyl (C=O) groups excluding carboxylic acids is 1. The second kappa shape index (κ2) is 12.2. The van der Waals surface area contributed by atoms with Gasteiger partial charge in [-0.3, -0.25) is 4.79 Å². The Kier molecular flexibility index (Phi) is 9.32. The summed E-state index contributed by atoms with van der Waals surface area (Å²) in [5, 5.41) is 12.9. The summed E-state index contributed by atoms with van der Waals surface area (Å²) in [6, 6.07) is 12.8. The number of halogens is 1. The average Bonchev–Trinajstić information content (AvgIpc) is 3.21. The van der Waals surface area contributed by atoms with Crippen molar-refractivity contribution >= 4 is 17.5 Å². The van der Waals surface area contributed by atoms with E-state index in [1.165, 1.54) is 0 Å². The Morgan fingerprint density at radius 2 is 1.94 bits per heavy atom. The molecule has 1 heterocycles. The molecule has 3 rings (SSSR count). The van der Waals surface area contributed by atoms with Crippen LogP contribution in [-0.2, 0) is 13.5 Å². The minimum absolute atomic E-state index is 0.0128. The van der Waals surface area contributed by atoms with Crippen LogP contribution in [0.15, 0.2) is 48.7 Å². The average molecular weight is 499 g/mol. The maximum atomic E-state index is 12.8. The number of nitrogens with two attached hydrogens (primary N) is 1. The normalized spacial score (nSPS) is 13.0. The monoisotopic (exact) mass is 498 g/mol. The van der Waals surface area contributed by atoms with Crippen LogP contribution in [0.25, 0.3) is 11.3 Å². The summed E-state index contributed by atoms with van der Waals surface area (Å²) in [6.45, 7) is 5.84. The second-order valence-electron chi connectivity index (χ2n) is 9.01. The number of aromatic nitrogens is 2. The van der Waals surface area contributed by atoms with Gasteiger partial charge in [0.05, 0.1) is 22.9 Å². The molecule has 0 saturated carbocycles. The first-order valence-electron chi connectivity index (χ1n) is 12.0. The summed E-state index contributed by atoms with van der Waals surface area (Å²) in [4.78, 5) is 17.5. The molecule has 7 nitrogen and oxygen atoms in total. The lowest BCUT2D eigenvalue weighted by Gasteiger charge is -2.19. The van der Waals surface area contributed by atoms with Gasteiger partial charge in [0.2, 0.25) is 0 Å². The lowest BCUT2D eigenvalue weighted by Crippen LogP contribution is -2.37. The summed E-state index contributed by atoms with van der Waals surface area (Å²) in [5.41, 5.74) is 9.53. The van der Waals surface area contributed by atoms with E-state index < -0.39 is 0 Å². The van der Waals surface area contributed by atoms with Crippen molar-refractivity contribution < 1.29 is 14.6 Å². The van der Waals surface area contributed by atoms with Gasteiger partial charge in [0.25, 0.3) is 5.91 Å². The van der Waals surface area contributed by atoms with E-state index in [2.05, 4.69) is 5.32 Å².